The number of benzene rings is 3. The van der Waals surface area contributed by atoms with Gasteiger partial charge in [0.05, 0.1) is 0 Å². The topological polar surface area (TPSA) is 58.6 Å². The molecule has 4 nitrogen and oxygen atoms in total. The van der Waals surface area contributed by atoms with Gasteiger partial charge >= 0.3 is 6.09 Å². The molecule has 0 saturated carbocycles. The highest BCUT2D eigenvalue weighted by molar-refractivity contribution is 5.79. The molecule has 146 valence electrons. The van der Waals surface area contributed by atoms with Gasteiger partial charge in [-0.1, -0.05) is 72.3 Å². The van der Waals surface area contributed by atoms with Crippen molar-refractivity contribution in [3.63, 3.8) is 0 Å². The minimum absolute atomic E-state index is 0.0490. The minimum atomic E-state index is -0.454. The largest absolute Gasteiger partial charge is 0.507 e. The van der Waals surface area contributed by atoms with E-state index in [2.05, 4.69) is 29.6 Å². The number of nitrogens with one attached hydrogen (secondary N) is 1. The third-order valence-corrected chi connectivity index (χ3v) is 5.19. The van der Waals surface area contributed by atoms with Crippen LogP contribution in [0.3, 0.4) is 0 Å². The molecule has 0 aliphatic heterocycles. The lowest BCUT2D eigenvalue weighted by molar-refractivity contribution is 0.144. The van der Waals surface area contributed by atoms with E-state index >= 15 is 0 Å². The average molecular weight is 385 g/mol. The fourth-order valence-electron chi connectivity index (χ4n) is 3.79. The van der Waals surface area contributed by atoms with Gasteiger partial charge in [-0.3, -0.25) is 0 Å². The first-order chi connectivity index (χ1) is 14.1. The number of hydrogen-bond donors (Lipinski definition) is 2. The van der Waals surface area contributed by atoms with Crippen LogP contribution in [0.2, 0.25) is 0 Å². The van der Waals surface area contributed by atoms with Gasteiger partial charge in [-0.05, 0) is 41.3 Å². The molecule has 4 heteroatoms. The number of hydrogen-bond acceptors (Lipinski definition) is 3. The molecule has 0 atom stereocenters. The lowest BCUT2D eigenvalue weighted by Gasteiger charge is -2.14. The quantitative estimate of drug-likeness (QED) is 0.630. The van der Waals surface area contributed by atoms with Crippen molar-refractivity contribution in [3.8, 4) is 16.9 Å². The van der Waals surface area contributed by atoms with Crippen molar-refractivity contribution < 1.29 is 14.6 Å². The van der Waals surface area contributed by atoms with Gasteiger partial charge in [-0.2, -0.15) is 0 Å². The first-order valence-electron chi connectivity index (χ1n) is 9.68. The monoisotopic (exact) mass is 385 g/mol. The van der Waals surface area contributed by atoms with Crippen molar-refractivity contribution in [2.24, 2.45) is 0 Å². The summed E-state index contributed by atoms with van der Waals surface area (Å²) in [5.41, 5.74) is 6.58. The van der Waals surface area contributed by atoms with Crippen LogP contribution in [0.25, 0.3) is 17.2 Å². The van der Waals surface area contributed by atoms with Gasteiger partial charge in [0, 0.05) is 18.0 Å². The first kappa shape index (κ1) is 18.8. The first-order valence-corrected chi connectivity index (χ1v) is 9.68. The van der Waals surface area contributed by atoms with Crippen molar-refractivity contribution >= 4 is 12.2 Å². The van der Waals surface area contributed by atoms with Crippen LogP contribution in [0, 0.1) is 6.92 Å². The van der Waals surface area contributed by atoms with Crippen LogP contribution in [0.1, 0.15) is 28.2 Å². The summed E-state index contributed by atoms with van der Waals surface area (Å²) < 4.78 is 5.50. The summed E-state index contributed by atoms with van der Waals surface area (Å²) in [7, 11) is 0. The number of amides is 1. The number of carbonyl (C=O) groups excluding carboxylic acids is 1. The van der Waals surface area contributed by atoms with Gasteiger partial charge in [0.15, 0.2) is 0 Å². The third-order valence-electron chi connectivity index (χ3n) is 5.19. The molecule has 0 fully saturated rings. The Bertz CT molecular complexity index is 1030. The van der Waals surface area contributed by atoms with E-state index < -0.39 is 6.09 Å². The average Bonchev–Trinajstić information content (AvgIpc) is 3.06. The van der Waals surface area contributed by atoms with E-state index in [1.807, 2.05) is 43.3 Å². The van der Waals surface area contributed by atoms with Crippen LogP contribution in [-0.2, 0) is 4.74 Å². The van der Waals surface area contributed by atoms with Crippen molar-refractivity contribution in [1.82, 2.24) is 5.32 Å². The summed E-state index contributed by atoms with van der Waals surface area (Å²) in [6.45, 7) is 2.58. The molecule has 0 saturated heterocycles. The van der Waals surface area contributed by atoms with Crippen molar-refractivity contribution in [2.45, 2.75) is 12.8 Å². The van der Waals surface area contributed by atoms with Gasteiger partial charge in [0.2, 0.25) is 0 Å². The number of ether oxygens (including phenoxy) is 1. The van der Waals surface area contributed by atoms with Crippen molar-refractivity contribution in [3.05, 3.63) is 95.1 Å². The molecule has 0 spiro atoms. The molecule has 3 aromatic rings. The molecular formula is C25H23NO3. The van der Waals surface area contributed by atoms with Crippen LogP contribution >= 0.6 is 0 Å². The number of rotatable bonds is 5. The van der Waals surface area contributed by atoms with Crippen molar-refractivity contribution in [2.75, 3.05) is 13.2 Å². The maximum absolute atomic E-state index is 12.1. The zero-order valence-electron chi connectivity index (χ0n) is 16.3. The summed E-state index contributed by atoms with van der Waals surface area (Å²) in [6.07, 6.45) is 3.12. The Balaban J connectivity index is 1.34. The maximum atomic E-state index is 12.1. The molecule has 29 heavy (non-hydrogen) atoms. The second-order valence-corrected chi connectivity index (χ2v) is 7.17. The Kier molecular flexibility index (Phi) is 5.34. The summed E-state index contributed by atoms with van der Waals surface area (Å²) in [5.74, 6) is 0.265. The van der Waals surface area contributed by atoms with Gasteiger partial charge < -0.3 is 15.2 Å². The molecule has 2 N–H and O–H groups in total. The number of aryl methyl sites for hydroxylation is 1. The third kappa shape index (κ3) is 4.02. The molecule has 3 aromatic carbocycles. The van der Waals surface area contributed by atoms with E-state index in [4.69, 9.17) is 4.74 Å². The number of phenols is 1. The van der Waals surface area contributed by atoms with Crippen molar-refractivity contribution in [1.29, 1.82) is 0 Å². The fourth-order valence-corrected chi connectivity index (χ4v) is 3.79. The van der Waals surface area contributed by atoms with Crippen LogP contribution < -0.4 is 5.32 Å². The minimum Gasteiger partial charge on any atom is -0.507 e. The Morgan fingerprint density at radius 2 is 1.69 bits per heavy atom. The zero-order chi connectivity index (χ0) is 20.2. The van der Waals surface area contributed by atoms with E-state index in [1.165, 1.54) is 22.3 Å². The molecule has 0 radical (unpaired) electrons. The van der Waals surface area contributed by atoms with E-state index in [-0.39, 0.29) is 11.7 Å². The molecule has 0 aromatic heterocycles. The summed E-state index contributed by atoms with van der Waals surface area (Å²) >= 11 is 0. The molecule has 1 aliphatic rings. The van der Waals surface area contributed by atoms with Crippen LogP contribution in [-0.4, -0.2) is 24.4 Å². The molecule has 1 amide bonds. The normalized spacial score (nSPS) is 12.6. The molecule has 0 heterocycles. The number of aromatic hydroxyl groups is 1. The summed E-state index contributed by atoms with van der Waals surface area (Å²) in [6, 6.07) is 21.9. The lowest BCUT2D eigenvalue weighted by Crippen LogP contribution is -2.26. The molecule has 0 unspecified atom stereocenters. The maximum Gasteiger partial charge on any atom is 0.407 e. The summed E-state index contributed by atoms with van der Waals surface area (Å²) in [4.78, 5) is 12.1. The second kappa shape index (κ2) is 8.23. The Morgan fingerprint density at radius 3 is 2.38 bits per heavy atom. The standard InChI is InChI=1S/C25H23NO3/c1-17-12-13-24(27)18(15-17)7-6-14-26-25(28)29-16-23-21-10-4-2-8-19(21)20-9-3-5-11-22(20)23/h2-13,15,23,27H,14,16H2,1H3,(H,26,28). The lowest BCUT2D eigenvalue weighted by atomic mass is 9.98. The van der Waals surface area contributed by atoms with E-state index in [9.17, 15) is 9.90 Å². The van der Waals surface area contributed by atoms with Gasteiger partial charge in [0.25, 0.3) is 0 Å². The van der Waals surface area contributed by atoms with E-state index in [0.29, 0.717) is 13.2 Å². The number of alkyl carbamates (subject to hydrolysis) is 1. The highest BCUT2D eigenvalue weighted by Gasteiger charge is 2.28. The fraction of sp³-hybridized carbons (Fsp3) is 0.160. The van der Waals surface area contributed by atoms with Crippen LogP contribution in [0.4, 0.5) is 4.79 Å². The highest BCUT2D eigenvalue weighted by atomic mass is 16.5. The van der Waals surface area contributed by atoms with E-state index in [0.717, 1.165) is 11.1 Å². The Morgan fingerprint density at radius 1 is 1.03 bits per heavy atom. The number of phenolic OH excluding ortho intramolecular Hbond substituents is 1. The molecule has 4 rings (SSSR count). The molecule has 1 aliphatic carbocycles. The smallest absolute Gasteiger partial charge is 0.407 e. The predicted octanol–water partition coefficient (Wildman–Crippen LogP) is 5.25. The van der Waals surface area contributed by atoms with Crippen LogP contribution in [0.15, 0.2) is 72.8 Å². The SMILES string of the molecule is Cc1ccc(O)c(C=CCNC(=O)OCC2c3ccccc3-c3ccccc32)c1. The Labute approximate surface area is 170 Å². The van der Waals surface area contributed by atoms with Gasteiger partial charge in [0.1, 0.15) is 12.4 Å². The predicted molar refractivity (Wildman–Crippen MR) is 115 cm³/mol. The number of fused-ring (bicyclic) bond motifs is 3. The van der Waals surface area contributed by atoms with Crippen LogP contribution in [0.5, 0.6) is 5.75 Å². The van der Waals surface area contributed by atoms with Gasteiger partial charge in [-0.15, -0.1) is 0 Å². The summed E-state index contributed by atoms with van der Waals surface area (Å²) in [5, 5.41) is 12.6. The molecular weight excluding hydrogens is 362 g/mol. The highest BCUT2D eigenvalue weighted by Crippen LogP contribution is 2.44. The Hall–Kier alpha value is -3.53. The number of carbonyl (C=O) groups is 1. The second-order valence-electron chi connectivity index (χ2n) is 7.17. The van der Waals surface area contributed by atoms with E-state index in [1.54, 1.807) is 18.2 Å². The molecule has 0 bridgehead atoms. The van der Waals surface area contributed by atoms with Gasteiger partial charge in [-0.25, -0.2) is 4.79 Å². The zero-order valence-corrected chi connectivity index (χ0v) is 16.3.